The van der Waals surface area contributed by atoms with Crippen LogP contribution >= 0.6 is 12.4 Å². The van der Waals surface area contributed by atoms with Crippen LogP contribution in [0.5, 0.6) is 0 Å². The monoisotopic (exact) mass is 391 g/mol. The van der Waals surface area contributed by atoms with Gasteiger partial charge in [-0.15, -0.1) is 12.4 Å². The Kier molecular flexibility index (Phi) is 8.14. The van der Waals surface area contributed by atoms with Crippen LogP contribution in [-0.2, 0) is 26.0 Å². The minimum atomic E-state index is -3.54. The SMILES string of the molecule is CC(C)OCCS(=O)(=O)NCC(=O)N1CCCc2c(N)cccc21.Cl. The normalized spacial score (nSPS) is 14.1. The second-order valence-corrected chi connectivity index (χ2v) is 7.98. The fraction of sp³-hybridized carbons (Fsp3) is 0.562. The highest BCUT2D eigenvalue weighted by Crippen LogP contribution is 2.31. The summed E-state index contributed by atoms with van der Waals surface area (Å²) >= 11 is 0. The summed E-state index contributed by atoms with van der Waals surface area (Å²) in [6.45, 7) is 4.07. The molecule has 2 rings (SSSR count). The first kappa shape index (κ1) is 21.7. The van der Waals surface area contributed by atoms with E-state index in [9.17, 15) is 13.2 Å². The Bertz CT molecular complexity index is 695. The Hall–Kier alpha value is -1.35. The highest BCUT2D eigenvalue weighted by atomic mass is 35.5. The number of nitrogens with one attached hydrogen (secondary N) is 1. The second-order valence-electron chi connectivity index (χ2n) is 6.05. The van der Waals surface area contributed by atoms with Crippen LogP contribution in [0.2, 0.25) is 0 Å². The predicted molar refractivity (Wildman–Crippen MR) is 102 cm³/mol. The van der Waals surface area contributed by atoms with Crippen LogP contribution in [-0.4, -0.2) is 45.9 Å². The summed E-state index contributed by atoms with van der Waals surface area (Å²) in [6, 6.07) is 5.45. The molecule has 0 bridgehead atoms. The third kappa shape index (κ3) is 6.14. The zero-order valence-corrected chi connectivity index (χ0v) is 16.2. The number of rotatable bonds is 7. The topological polar surface area (TPSA) is 102 Å². The van der Waals surface area contributed by atoms with Gasteiger partial charge in [-0.2, -0.15) is 0 Å². The number of benzene rings is 1. The van der Waals surface area contributed by atoms with Crippen LogP contribution in [0.1, 0.15) is 25.8 Å². The summed E-state index contributed by atoms with van der Waals surface area (Å²) in [5, 5.41) is 0. The first-order chi connectivity index (χ1) is 11.3. The summed E-state index contributed by atoms with van der Waals surface area (Å²) in [5.41, 5.74) is 8.35. The molecular weight excluding hydrogens is 366 g/mol. The number of anilines is 2. The molecule has 1 aromatic rings. The molecule has 1 amide bonds. The van der Waals surface area contributed by atoms with Crippen molar-refractivity contribution in [3.8, 4) is 0 Å². The third-order valence-corrected chi connectivity index (χ3v) is 5.12. The number of nitrogens with two attached hydrogens (primary N) is 1. The molecule has 0 aromatic heterocycles. The van der Waals surface area contributed by atoms with Crippen molar-refractivity contribution in [3.63, 3.8) is 0 Å². The van der Waals surface area contributed by atoms with Gasteiger partial charge in [-0.05, 0) is 44.4 Å². The van der Waals surface area contributed by atoms with E-state index in [1.54, 1.807) is 11.0 Å². The lowest BCUT2D eigenvalue weighted by molar-refractivity contribution is -0.117. The smallest absolute Gasteiger partial charge is 0.242 e. The largest absolute Gasteiger partial charge is 0.398 e. The maximum absolute atomic E-state index is 12.4. The Morgan fingerprint density at radius 3 is 2.80 bits per heavy atom. The molecule has 1 aliphatic rings. The maximum atomic E-state index is 12.4. The quantitative estimate of drug-likeness (QED) is 0.682. The van der Waals surface area contributed by atoms with Crippen molar-refractivity contribution in [1.29, 1.82) is 0 Å². The van der Waals surface area contributed by atoms with E-state index < -0.39 is 10.0 Å². The van der Waals surface area contributed by atoms with Crippen molar-refractivity contribution in [1.82, 2.24) is 4.72 Å². The summed E-state index contributed by atoms with van der Waals surface area (Å²) < 4.78 is 31.4. The van der Waals surface area contributed by atoms with Crippen LogP contribution in [0.25, 0.3) is 0 Å². The molecule has 0 saturated carbocycles. The van der Waals surface area contributed by atoms with Gasteiger partial charge in [0.15, 0.2) is 0 Å². The first-order valence-corrected chi connectivity index (χ1v) is 9.72. The molecule has 0 unspecified atom stereocenters. The Balaban J connectivity index is 0.00000312. The number of ether oxygens (including phenoxy) is 1. The van der Waals surface area contributed by atoms with E-state index in [1.165, 1.54) is 0 Å². The van der Waals surface area contributed by atoms with Crippen molar-refractivity contribution in [2.75, 3.05) is 36.1 Å². The third-order valence-electron chi connectivity index (χ3n) is 3.83. The second kappa shape index (κ2) is 9.38. The number of nitrogens with zero attached hydrogens (tertiary/aromatic N) is 1. The number of amides is 1. The molecule has 0 radical (unpaired) electrons. The number of hydrogen-bond acceptors (Lipinski definition) is 5. The molecule has 25 heavy (non-hydrogen) atoms. The average Bonchev–Trinajstić information content (AvgIpc) is 2.52. The number of sulfonamides is 1. The highest BCUT2D eigenvalue weighted by Gasteiger charge is 2.24. The Morgan fingerprint density at radius 1 is 1.40 bits per heavy atom. The number of nitrogen functional groups attached to an aromatic ring is 1. The van der Waals surface area contributed by atoms with Gasteiger partial charge in [0, 0.05) is 17.9 Å². The van der Waals surface area contributed by atoms with Crippen LogP contribution < -0.4 is 15.4 Å². The number of fused-ring (bicyclic) bond motifs is 1. The number of carbonyl (C=O) groups excluding carboxylic acids is 1. The van der Waals surface area contributed by atoms with E-state index in [0.717, 1.165) is 24.1 Å². The van der Waals surface area contributed by atoms with Crippen molar-refractivity contribution in [2.24, 2.45) is 0 Å². The molecule has 0 atom stereocenters. The number of hydrogen-bond donors (Lipinski definition) is 2. The molecule has 1 heterocycles. The molecule has 1 aliphatic heterocycles. The van der Waals surface area contributed by atoms with Crippen LogP contribution in [0.3, 0.4) is 0 Å². The lowest BCUT2D eigenvalue weighted by Gasteiger charge is -2.30. The van der Waals surface area contributed by atoms with Gasteiger partial charge in [0.1, 0.15) is 0 Å². The summed E-state index contributed by atoms with van der Waals surface area (Å²) in [5.74, 6) is -0.447. The van der Waals surface area contributed by atoms with Gasteiger partial charge in [0.05, 0.1) is 25.0 Å². The molecular formula is C16H26ClN3O4S. The van der Waals surface area contributed by atoms with Gasteiger partial charge >= 0.3 is 0 Å². The molecule has 7 nitrogen and oxygen atoms in total. The van der Waals surface area contributed by atoms with Gasteiger partial charge in [0.2, 0.25) is 15.9 Å². The standard InChI is InChI=1S/C16H25N3O4S.ClH/c1-12(2)23-9-10-24(21,22)18-11-16(20)19-8-4-5-13-14(17)6-3-7-15(13)19;/h3,6-7,12,18H,4-5,8-11,17H2,1-2H3;1H. The van der Waals surface area contributed by atoms with Crippen molar-refractivity contribution >= 4 is 39.7 Å². The number of halogens is 1. The van der Waals surface area contributed by atoms with Crippen LogP contribution in [0, 0.1) is 0 Å². The number of carbonyl (C=O) groups is 1. The minimum Gasteiger partial charge on any atom is -0.398 e. The van der Waals surface area contributed by atoms with Crippen molar-refractivity contribution in [2.45, 2.75) is 32.8 Å². The molecule has 0 fully saturated rings. The average molecular weight is 392 g/mol. The fourth-order valence-electron chi connectivity index (χ4n) is 2.64. The van der Waals surface area contributed by atoms with Gasteiger partial charge in [-0.3, -0.25) is 4.79 Å². The fourth-order valence-corrected chi connectivity index (χ4v) is 3.45. The lowest BCUT2D eigenvalue weighted by Crippen LogP contribution is -2.43. The van der Waals surface area contributed by atoms with E-state index >= 15 is 0 Å². The zero-order chi connectivity index (χ0) is 17.7. The molecule has 3 N–H and O–H groups in total. The maximum Gasteiger partial charge on any atom is 0.242 e. The van der Waals surface area contributed by atoms with E-state index in [-0.39, 0.29) is 43.3 Å². The van der Waals surface area contributed by atoms with E-state index in [4.69, 9.17) is 10.5 Å². The van der Waals surface area contributed by atoms with E-state index in [1.807, 2.05) is 26.0 Å². The van der Waals surface area contributed by atoms with Crippen LogP contribution in [0.4, 0.5) is 11.4 Å². The van der Waals surface area contributed by atoms with Gasteiger partial charge < -0.3 is 15.4 Å². The molecule has 142 valence electrons. The summed E-state index contributed by atoms with van der Waals surface area (Å²) in [6.07, 6.45) is 1.60. The highest BCUT2D eigenvalue weighted by molar-refractivity contribution is 7.89. The summed E-state index contributed by atoms with van der Waals surface area (Å²) in [7, 11) is -3.54. The van der Waals surface area contributed by atoms with Crippen molar-refractivity contribution in [3.05, 3.63) is 23.8 Å². The molecule has 0 spiro atoms. The molecule has 0 aliphatic carbocycles. The predicted octanol–water partition coefficient (Wildman–Crippen LogP) is 1.31. The van der Waals surface area contributed by atoms with E-state index in [0.29, 0.717) is 12.2 Å². The van der Waals surface area contributed by atoms with E-state index in [2.05, 4.69) is 4.72 Å². The minimum absolute atomic E-state index is 0. The van der Waals surface area contributed by atoms with Gasteiger partial charge in [-0.25, -0.2) is 13.1 Å². The Morgan fingerprint density at radius 2 is 2.12 bits per heavy atom. The lowest BCUT2D eigenvalue weighted by atomic mass is 10.00. The van der Waals surface area contributed by atoms with Gasteiger partial charge in [-0.1, -0.05) is 6.07 Å². The van der Waals surface area contributed by atoms with Gasteiger partial charge in [0.25, 0.3) is 0 Å². The molecule has 9 heteroatoms. The zero-order valence-electron chi connectivity index (χ0n) is 14.5. The van der Waals surface area contributed by atoms with Crippen LogP contribution in [0.15, 0.2) is 18.2 Å². The molecule has 0 saturated heterocycles. The Labute approximate surface area is 155 Å². The summed E-state index contributed by atoms with van der Waals surface area (Å²) in [4.78, 5) is 14.0. The van der Waals surface area contributed by atoms with Crippen molar-refractivity contribution < 1.29 is 17.9 Å². The first-order valence-electron chi connectivity index (χ1n) is 8.07. The molecule has 1 aromatic carbocycles.